The molecule has 0 N–H and O–H groups in total. The number of hydrogen-bond acceptors (Lipinski definition) is 5. The van der Waals surface area contributed by atoms with Crippen LogP contribution in [0.2, 0.25) is 5.02 Å². The number of esters is 1. The van der Waals surface area contributed by atoms with Crippen LogP contribution in [0.5, 0.6) is 11.5 Å². The number of carbonyl (C=O) groups is 1. The van der Waals surface area contributed by atoms with Gasteiger partial charge in [-0.2, -0.15) is 0 Å². The Balaban J connectivity index is 1.97. The van der Waals surface area contributed by atoms with E-state index in [2.05, 4.69) is 4.99 Å². The van der Waals surface area contributed by atoms with Crippen molar-refractivity contribution >= 4 is 29.5 Å². The maximum Gasteiger partial charge on any atom is 0.363 e. The normalized spacial score (nSPS) is 15.2. The Labute approximate surface area is 144 Å². The van der Waals surface area contributed by atoms with Gasteiger partial charge in [0.2, 0.25) is 5.90 Å². The highest BCUT2D eigenvalue weighted by molar-refractivity contribution is 6.31. The molecule has 0 spiro atoms. The Morgan fingerprint density at radius 1 is 1.12 bits per heavy atom. The van der Waals surface area contributed by atoms with Crippen LogP contribution in [0, 0.1) is 0 Å². The number of nitrogens with zero attached hydrogens (tertiary/aromatic N) is 1. The zero-order valence-electron chi connectivity index (χ0n) is 13.1. The molecule has 0 saturated heterocycles. The maximum absolute atomic E-state index is 12.1. The first kappa shape index (κ1) is 16.1. The second-order valence-electron chi connectivity index (χ2n) is 4.95. The fraction of sp³-hybridized carbons (Fsp3) is 0.111. The van der Waals surface area contributed by atoms with Crippen molar-refractivity contribution in [2.75, 3.05) is 14.2 Å². The minimum Gasteiger partial charge on any atom is -0.497 e. The number of cyclic esters (lactones) is 1. The number of halogens is 1. The summed E-state index contributed by atoms with van der Waals surface area (Å²) in [6, 6.07) is 12.2. The third kappa shape index (κ3) is 3.26. The van der Waals surface area contributed by atoms with Crippen molar-refractivity contribution < 1.29 is 19.0 Å². The number of rotatable bonds is 4. The molecule has 3 rings (SSSR count). The van der Waals surface area contributed by atoms with Gasteiger partial charge in [0, 0.05) is 22.2 Å². The van der Waals surface area contributed by atoms with Gasteiger partial charge in [-0.25, -0.2) is 9.79 Å². The smallest absolute Gasteiger partial charge is 0.363 e. The highest BCUT2D eigenvalue weighted by atomic mass is 35.5. The van der Waals surface area contributed by atoms with Crippen molar-refractivity contribution in [3.63, 3.8) is 0 Å². The molecule has 0 aliphatic carbocycles. The van der Waals surface area contributed by atoms with Crippen LogP contribution in [0.3, 0.4) is 0 Å². The molecular formula is C18H14ClNO4. The molecule has 0 aromatic heterocycles. The van der Waals surface area contributed by atoms with E-state index in [1.807, 2.05) is 0 Å². The number of hydrogen-bond donors (Lipinski definition) is 0. The molecule has 0 atom stereocenters. The first-order valence-electron chi connectivity index (χ1n) is 7.11. The molecular weight excluding hydrogens is 330 g/mol. The van der Waals surface area contributed by atoms with Crippen LogP contribution in [-0.4, -0.2) is 26.1 Å². The maximum atomic E-state index is 12.1. The Hall–Kier alpha value is -2.79. The summed E-state index contributed by atoms with van der Waals surface area (Å²) < 4.78 is 15.7. The van der Waals surface area contributed by atoms with Gasteiger partial charge in [-0.3, -0.25) is 0 Å². The van der Waals surface area contributed by atoms with Crippen LogP contribution in [0.15, 0.2) is 53.2 Å². The van der Waals surface area contributed by atoms with Crippen LogP contribution < -0.4 is 9.47 Å². The minimum atomic E-state index is -0.525. The molecule has 0 saturated carbocycles. The van der Waals surface area contributed by atoms with Crippen LogP contribution >= 0.6 is 11.6 Å². The predicted molar refractivity (Wildman–Crippen MR) is 91.6 cm³/mol. The van der Waals surface area contributed by atoms with E-state index >= 15 is 0 Å². The lowest BCUT2D eigenvalue weighted by atomic mass is 10.1. The Bertz CT molecular complexity index is 858. The number of ether oxygens (including phenoxy) is 3. The Morgan fingerprint density at radius 3 is 2.67 bits per heavy atom. The molecule has 1 heterocycles. The fourth-order valence-corrected chi connectivity index (χ4v) is 2.43. The zero-order valence-corrected chi connectivity index (χ0v) is 13.8. The Morgan fingerprint density at radius 2 is 1.96 bits per heavy atom. The van der Waals surface area contributed by atoms with Gasteiger partial charge in [0.15, 0.2) is 5.70 Å². The van der Waals surface area contributed by atoms with Gasteiger partial charge in [-0.1, -0.05) is 17.7 Å². The van der Waals surface area contributed by atoms with Crippen molar-refractivity contribution in [3.05, 3.63) is 64.3 Å². The summed E-state index contributed by atoms with van der Waals surface area (Å²) in [6.45, 7) is 0. The lowest BCUT2D eigenvalue weighted by Crippen LogP contribution is -2.05. The third-order valence-electron chi connectivity index (χ3n) is 3.42. The number of benzene rings is 2. The molecule has 0 unspecified atom stereocenters. The summed E-state index contributed by atoms with van der Waals surface area (Å²) in [6.07, 6.45) is 1.61. The van der Waals surface area contributed by atoms with E-state index in [9.17, 15) is 4.79 Å². The van der Waals surface area contributed by atoms with Crippen molar-refractivity contribution in [3.8, 4) is 11.5 Å². The van der Waals surface area contributed by atoms with E-state index in [0.717, 1.165) is 0 Å². The highest BCUT2D eigenvalue weighted by Crippen LogP contribution is 2.28. The van der Waals surface area contributed by atoms with E-state index < -0.39 is 5.97 Å². The second kappa shape index (κ2) is 6.76. The molecule has 6 heteroatoms. The molecule has 0 fully saturated rings. The van der Waals surface area contributed by atoms with Crippen molar-refractivity contribution in [2.45, 2.75) is 0 Å². The molecule has 0 bridgehead atoms. The van der Waals surface area contributed by atoms with Gasteiger partial charge in [0.1, 0.15) is 11.5 Å². The minimum absolute atomic E-state index is 0.188. The van der Waals surface area contributed by atoms with E-state index in [1.165, 1.54) is 0 Å². The highest BCUT2D eigenvalue weighted by Gasteiger charge is 2.24. The average Bonchev–Trinajstić information content (AvgIpc) is 2.96. The van der Waals surface area contributed by atoms with E-state index in [4.69, 9.17) is 25.8 Å². The largest absolute Gasteiger partial charge is 0.497 e. The number of aliphatic imine (C=N–C) groups is 1. The summed E-state index contributed by atoms with van der Waals surface area (Å²) in [5, 5.41) is 0.542. The molecule has 122 valence electrons. The lowest BCUT2D eigenvalue weighted by molar-refractivity contribution is -0.129. The van der Waals surface area contributed by atoms with Gasteiger partial charge in [-0.05, 0) is 36.4 Å². The molecule has 0 radical (unpaired) electrons. The molecule has 2 aromatic rings. The van der Waals surface area contributed by atoms with Crippen molar-refractivity contribution in [1.82, 2.24) is 0 Å². The lowest BCUT2D eigenvalue weighted by Gasteiger charge is -2.07. The molecule has 24 heavy (non-hydrogen) atoms. The van der Waals surface area contributed by atoms with Gasteiger partial charge < -0.3 is 14.2 Å². The monoisotopic (exact) mass is 343 g/mol. The molecule has 1 aliphatic rings. The average molecular weight is 344 g/mol. The van der Waals surface area contributed by atoms with E-state index in [0.29, 0.717) is 27.6 Å². The van der Waals surface area contributed by atoms with Crippen molar-refractivity contribution in [2.24, 2.45) is 4.99 Å². The summed E-state index contributed by atoms with van der Waals surface area (Å²) in [7, 11) is 3.12. The van der Waals surface area contributed by atoms with Crippen LogP contribution in [0.25, 0.3) is 6.08 Å². The number of methoxy groups -OCH3 is 2. The standard InChI is InChI=1S/C18H14ClNO4/c1-22-14-7-6-11(16(10-14)23-2)9-15-18(21)24-17(20-15)12-4-3-5-13(19)8-12/h3-10H,1-2H3/b15-9+. The van der Waals surface area contributed by atoms with E-state index in [1.54, 1.807) is 62.8 Å². The number of carbonyl (C=O) groups excluding carboxylic acids is 1. The predicted octanol–water partition coefficient (Wildman–Crippen LogP) is 3.70. The molecule has 0 amide bonds. The van der Waals surface area contributed by atoms with Gasteiger partial charge >= 0.3 is 5.97 Å². The molecule has 1 aliphatic heterocycles. The summed E-state index contributed by atoms with van der Waals surface area (Å²) >= 11 is 5.96. The molecule has 2 aromatic carbocycles. The molecule has 5 nitrogen and oxygen atoms in total. The SMILES string of the molecule is COc1ccc(/C=C2/N=C(c3cccc(Cl)c3)OC2=O)c(OC)c1. The van der Waals surface area contributed by atoms with Crippen molar-refractivity contribution in [1.29, 1.82) is 0 Å². The fourth-order valence-electron chi connectivity index (χ4n) is 2.24. The van der Waals surface area contributed by atoms with Crippen LogP contribution in [0.4, 0.5) is 0 Å². The van der Waals surface area contributed by atoms with Gasteiger partial charge in [-0.15, -0.1) is 0 Å². The van der Waals surface area contributed by atoms with Gasteiger partial charge in [0.25, 0.3) is 0 Å². The van der Waals surface area contributed by atoms with E-state index in [-0.39, 0.29) is 11.6 Å². The third-order valence-corrected chi connectivity index (χ3v) is 3.66. The first-order valence-corrected chi connectivity index (χ1v) is 7.49. The second-order valence-corrected chi connectivity index (χ2v) is 5.39. The topological polar surface area (TPSA) is 57.1 Å². The summed E-state index contributed by atoms with van der Waals surface area (Å²) in [5.41, 5.74) is 1.52. The van der Waals surface area contributed by atoms with Crippen LogP contribution in [0.1, 0.15) is 11.1 Å². The first-order chi connectivity index (χ1) is 11.6. The van der Waals surface area contributed by atoms with Gasteiger partial charge in [0.05, 0.1) is 14.2 Å². The zero-order chi connectivity index (χ0) is 17.1. The summed E-state index contributed by atoms with van der Waals surface area (Å²) in [4.78, 5) is 16.3. The Kier molecular flexibility index (Phi) is 4.53. The quantitative estimate of drug-likeness (QED) is 0.627. The van der Waals surface area contributed by atoms with Crippen LogP contribution in [-0.2, 0) is 9.53 Å². The summed E-state index contributed by atoms with van der Waals surface area (Å²) in [5.74, 6) is 0.927.